The average molecular weight is 143 g/mol. The molecule has 1 radical (unpaired) electrons. The van der Waals surface area contributed by atoms with E-state index in [2.05, 4.69) is 4.74 Å². The molecule has 1 rings (SSSR count). The van der Waals surface area contributed by atoms with Crippen LogP contribution in [0.15, 0.2) is 23.8 Å². The summed E-state index contributed by atoms with van der Waals surface area (Å²) in [7, 11) is 1.72. The van der Waals surface area contributed by atoms with Gasteiger partial charge < -0.3 is 4.74 Å². The van der Waals surface area contributed by atoms with E-state index < -0.39 is 0 Å². The van der Waals surface area contributed by atoms with Crippen molar-refractivity contribution < 1.29 is 9.53 Å². The van der Waals surface area contributed by atoms with Crippen molar-refractivity contribution in [3.05, 3.63) is 23.8 Å². The lowest BCUT2D eigenvalue weighted by atomic mass is 9.80. The molecule has 0 N–H and O–H groups in total. The summed E-state index contributed by atoms with van der Waals surface area (Å²) < 4.78 is 4.47. The fourth-order valence-corrected chi connectivity index (χ4v) is 0.490. The van der Waals surface area contributed by atoms with Crippen LogP contribution < -0.4 is 0 Å². The number of halogens is 1. The molecule has 1 aliphatic heterocycles. The first-order valence-electron chi connectivity index (χ1n) is 2.25. The van der Waals surface area contributed by atoms with Crippen LogP contribution in [0.25, 0.3) is 0 Å². The Labute approximate surface area is 60.2 Å². The fourth-order valence-electron chi connectivity index (χ4n) is 0.490. The summed E-state index contributed by atoms with van der Waals surface area (Å²) >= 11 is 0. The van der Waals surface area contributed by atoms with Gasteiger partial charge in [0.25, 0.3) is 6.47 Å². The van der Waals surface area contributed by atoms with Crippen LogP contribution in [-0.2, 0) is 9.53 Å². The molecule has 1 aliphatic rings. The van der Waals surface area contributed by atoms with E-state index >= 15 is 0 Å². The van der Waals surface area contributed by atoms with E-state index in [4.69, 9.17) is 0 Å². The van der Waals surface area contributed by atoms with Crippen molar-refractivity contribution in [1.82, 2.24) is 0 Å². The molecule has 0 unspecified atom stereocenters. The minimum Gasteiger partial charge on any atom is -0.444 e. The van der Waals surface area contributed by atoms with Gasteiger partial charge in [-0.05, 0) is 6.08 Å². The molecule has 0 aliphatic carbocycles. The van der Waals surface area contributed by atoms with E-state index in [-0.39, 0.29) is 12.4 Å². The number of allylic oxidation sites excluding steroid dienone is 2. The quantitative estimate of drug-likeness (QED) is 0.419. The van der Waals surface area contributed by atoms with Gasteiger partial charge in [-0.15, -0.1) is 18.4 Å². The van der Waals surface area contributed by atoms with Gasteiger partial charge >= 0.3 is 0 Å². The minimum atomic E-state index is 0. The summed E-state index contributed by atoms with van der Waals surface area (Å²) in [5.74, 6) is 1.80. The smallest absolute Gasteiger partial charge is 0.297 e. The molecule has 0 amide bonds. The van der Waals surface area contributed by atoms with E-state index in [1.54, 1.807) is 25.4 Å². The molecule has 0 aromatic carbocycles. The Morgan fingerprint density at radius 3 is 2.89 bits per heavy atom. The maximum absolute atomic E-state index is 9.65. The second-order valence-corrected chi connectivity index (χ2v) is 1.33. The molecule has 47 valence electrons. The van der Waals surface area contributed by atoms with Gasteiger partial charge in [-0.1, -0.05) is 6.08 Å². The average Bonchev–Trinajstić information content (AvgIpc) is 2.19. The number of hydrogen-bond donors (Lipinski definition) is 0. The van der Waals surface area contributed by atoms with E-state index in [1.165, 1.54) is 0 Å². The lowest BCUT2D eigenvalue weighted by Gasteiger charge is -1.91. The van der Waals surface area contributed by atoms with Crippen LogP contribution in [0.1, 0.15) is 0 Å². The van der Waals surface area contributed by atoms with Crippen LogP contribution in [0.3, 0.4) is 0 Å². The highest BCUT2D eigenvalue weighted by atomic mass is 35.5. The Balaban J connectivity index is 0.000000640. The molecule has 0 saturated heterocycles. The zero-order valence-corrected chi connectivity index (χ0v) is 5.43. The Hall–Kier alpha value is -0.695. The standard InChI is InChI=1S/C5H4BO2.ClH/c7-4-8-5-2-1-3-6-5;/h1-4H;1H. The molecule has 0 atom stereocenters. The summed E-state index contributed by atoms with van der Waals surface area (Å²) in [5.41, 5.74) is 0.597. The Morgan fingerprint density at radius 1 is 1.67 bits per heavy atom. The zero-order chi connectivity index (χ0) is 5.82. The normalized spacial score (nSPS) is 13.1. The molecule has 0 spiro atoms. The van der Waals surface area contributed by atoms with Crippen molar-refractivity contribution in [3.63, 3.8) is 0 Å². The van der Waals surface area contributed by atoms with Gasteiger partial charge in [0.05, 0.1) is 5.66 Å². The van der Waals surface area contributed by atoms with Gasteiger partial charge in [0.1, 0.15) is 0 Å². The summed E-state index contributed by atoms with van der Waals surface area (Å²) in [5, 5.41) is 0. The monoisotopic (exact) mass is 143 g/mol. The highest BCUT2D eigenvalue weighted by molar-refractivity contribution is 6.51. The first-order chi connectivity index (χ1) is 3.93. The van der Waals surface area contributed by atoms with Crippen LogP contribution in [0, 0.1) is 0 Å². The van der Waals surface area contributed by atoms with Crippen molar-refractivity contribution in [3.8, 4) is 0 Å². The maximum atomic E-state index is 9.65. The van der Waals surface area contributed by atoms with Crippen molar-refractivity contribution >= 4 is 26.2 Å². The van der Waals surface area contributed by atoms with Crippen LogP contribution >= 0.6 is 12.4 Å². The Morgan fingerprint density at radius 2 is 2.44 bits per heavy atom. The van der Waals surface area contributed by atoms with E-state index in [0.29, 0.717) is 12.1 Å². The van der Waals surface area contributed by atoms with Gasteiger partial charge in [0.15, 0.2) is 0 Å². The van der Waals surface area contributed by atoms with Gasteiger partial charge in [0, 0.05) is 0 Å². The Bertz CT molecular complexity index is 153. The molecule has 0 bridgehead atoms. The number of carbonyl (C=O) groups excluding carboxylic acids is 1. The molecule has 9 heavy (non-hydrogen) atoms. The molecular weight excluding hydrogens is 138 g/mol. The maximum Gasteiger partial charge on any atom is 0.297 e. The lowest BCUT2D eigenvalue weighted by molar-refractivity contribution is -0.124. The lowest BCUT2D eigenvalue weighted by Crippen LogP contribution is -1.92. The van der Waals surface area contributed by atoms with Crippen LogP contribution in [-0.4, -0.2) is 13.8 Å². The van der Waals surface area contributed by atoms with E-state index in [9.17, 15) is 4.79 Å². The highest BCUT2D eigenvalue weighted by Gasteiger charge is 1.98. The van der Waals surface area contributed by atoms with Crippen LogP contribution in [0.2, 0.25) is 0 Å². The third kappa shape index (κ3) is 2.37. The summed E-state index contributed by atoms with van der Waals surface area (Å²) in [6.45, 7) is 0.412. The molecule has 2 nitrogen and oxygen atoms in total. The van der Waals surface area contributed by atoms with Gasteiger partial charge in [0.2, 0.25) is 7.28 Å². The second-order valence-electron chi connectivity index (χ2n) is 1.33. The van der Waals surface area contributed by atoms with Crippen molar-refractivity contribution in [2.24, 2.45) is 0 Å². The van der Waals surface area contributed by atoms with Gasteiger partial charge in [-0.2, -0.15) is 0 Å². The topological polar surface area (TPSA) is 26.3 Å². The zero-order valence-electron chi connectivity index (χ0n) is 4.61. The molecule has 0 aromatic rings. The van der Waals surface area contributed by atoms with Crippen molar-refractivity contribution in [1.29, 1.82) is 0 Å². The second kappa shape index (κ2) is 4.21. The van der Waals surface area contributed by atoms with Crippen LogP contribution in [0.4, 0.5) is 0 Å². The number of ether oxygens (including phenoxy) is 1. The number of carbonyl (C=O) groups is 1. The van der Waals surface area contributed by atoms with Crippen molar-refractivity contribution in [2.75, 3.05) is 0 Å². The fraction of sp³-hybridized carbons (Fsp3) is 0. The molecule has 0 saturated carbocycles. The predicted octanol–water partition coefficient (Wildman–Crippen LogP) is 0.654. The third-order valence-corrected chi connectivity index (χ3v) is 0.816. The van der Waals surface area contributed by atoms with Crippen molar-refractivity contribution in [2.45, 2.75) is 0 Å². The molecule has 1 heterocycles. The Kier molecular flexibility index (Phi) is 3.89. The third-order valence-electron chi connectivity index (χ3n) is 0.816. The molecular formula is C5H5BClO2. The molecule has 0 fully saturated rings. The largest absolute Gasteiger partial charge is 0.444 e. The minimum absolute atomic E-state index is 0. The molecule has 4 heteroatoms. The summed E-state index contributed by atoms with van der Waals surface area (Å²) in [4.78, 5) is 9.65. The SMILES string of the molecule is Cl.O=COC1=CC=C[B]1. The van der Waals surface area contributed by atoms with Gasteiger partial charge in [-0.25, -0.2) is 0 Å². The van der Waals surface area contributed by atoms with E-state index in [0.717, 1.165) is 0 Å². The predicted molar refractivity (Wildman–Crippen MR) is 37.4 cm³/mol. The molecule has 0 aromatic heterocycles. The highest BCUT2D eigenvalue weighted by Crippen LogP contribution is 1.99. The first kappa shape index (κ1) is 8.30. The van der Waals surface area contributed by atoms with Crippen LogP contribution in [0.5, 0.6) is 0 Å². The number of rotatable bonds is 2. The summed E-state index contributed by atoms with van der Waals surface area (Å²) in [6, 6.07) is 0. The number of hydrogen-bond acceptors (Lipinski definition) is 2. The summed E-state index contributed by atoms with van der Waals surface area (Å²) in [6.07, 6.45) is 3.52. The van der Waals surface area contributed by atoms with E-state index in [1.807, 2.05) is 0 Å². The first-order valence-corrected chi connectivity index (χ1v) is 2.25. The van der Waals surface area contributed by atoms with Gasteiger partial charge in [-0.3, -0.25) is 4.79 Å².